The van der Waals surface area contributed by atoms with Gasteiger partial charge in [0.1, 0.15) is 0 Å². The maximum absolute atomic E-state index is 10.7. The highest BCUT2D eigenvalue weighted by atomic mass is 16.1. The molecular weight excluding hydrogens is 300 g/mol. The first-order valence-corrected chi connectivity index (χ1v) is 7.52. The van der Waals surface area contributed by atoms with E-state index in [1.807, 2.05) is 72.8 Å². The van der Waals surface area contributed by atoms with E-state index < -0.39 is 0 Å². The summed E-state index contributed by atoms with van der Waals surface area (Å²) in [6.45, 7) is 0. The Morgan fingerprint density at radius 2 is 0.917 bits per heavy atom. The molecule has 118 valence electrons. The van der Waals surface area contributed by atoms with Crippen molar-refractivity contribution in [2.75, 3.05) is 10.6 Å². The van der Waals surface area contributed by atoms with Gasteiger partial charge < -0.3 is 10.6 Å². The molecule has 0 atom stereocenters. The average Bonchev–Trinajstić information content (AvgIpc) is 2.64. The van der Waals surface area contributed by atoms with Crippen molar-refractivity contribution >= 4 is 24.2 Å². The third-order valence-corrected chi connectivity index (χ3v) is 3.79. The molecule has 0 saturated carbocycles. The van der Waals surface area contributed by atoms with Crippen LogP contribution < -0.4 is 10.6 Å². The topological polar surface area (TPSA) is 58.2 Å². The molecule has 3 aromatic carbocycles. The Labute approximate surface area is 140 Å². The van der Waals surface area contributed by atoms with E-state index in [1.54, 1.807) is 0 Å². The second kappa shape index (κ2) is 7.24. The number of amides is 2. The van der Waals surface area contributed by atoms with Crippen molar-refractivity contribution in [3.63, 3.8) is 0 Å². The Morgan fingerprint density at radius 3 is 1.29 bits per heavy atom. The predicted molar refractivity (Wildman–Crippen MR) is 96.7 cm³/mol. The number of nitrogens with one attached hydrogen (secondary N) is 2. The Balaban J connectivity index is 1.98. The Kier molecular flexibility index (Phi) is 4.68. The highest BCUT2D eigenvalue weighted by Gasteiger charge is 2.07. The monoisotopic (exact) mass is 316 g/mol. The zero-order valence-electron chi connectivity index (χ0n) is 12.9. The lowest BCUT2D eigenvalue weighted by Crippen LogP contribution is -1.97. The molecule has 0 unspecified atom stereocenters. The molecule has 4 nitrogen and oxygen atoms in total. The summed E-state index contributed by atoms with van der Waals surface area (Å²) < 4.78 is 0. The highest BCUT2D eigenvalue weighted by Crippen LogP contribution is 2.32. The van der Waals surface area contributed by atoms with Gasteiger partial charge in [-0.15, -0.1) is 0 Å². The molecular formula is C20H16N2O2. The van der Waals surface area contributed by atoms with Crippen LogP contribution in [-0.4, -0.2) is 12.8 Å². The molecule has 0 heterocycles. The smallest absolute Gasteiger partial charge is 0.211 e. The summed E-state index contributed by atoms with van der Waals surface area (Å²) in [6.07, 6.45) is 1.35. The van der Waals surface area contributed by atoms with E-state index in [1.165, 1.54) is 0 Å². The fourth-order valence-electron chi connectivity index (χ4n) is 2.68. The molecule has 0 radical (unpaired) electrons. The summed E-state index contributed by atoms with van der Waals surface area (Å²) in [5.41, 5.74) is 5.45. The molecule has 3 rings (SSSR count). The summed E-state index contributed by atoms with van der Waals surface area (Å²) in [5.74, 6) is 0. The molecule has 0 bridgehead atoms. The summed E-state index contributed by atoms with van der Waals surface area (Å²) in [7, 11) is 0. The van der Waals surface area contributed by atoms with Gasteiger partial charge in [-0.3, -0.25) is 9.59 Å². The van der Waals surface area contributed by atoms with Crippen LogP contribution in [0.3, 0.4) is 0 Å². The molecule has 0 aliphatic heterocycles. The van der Waals surface area contributed by atoms with Crippen LogP contribution in [0.5, 0.6) is 0 Å². The molecule has 0 fully saturated rings. The largest absolute Gasteiger partial charge is 0.328 e. The Bertz CT molecular complexity index is 785. The van der Waals surface area contributed by atoms with Crippen LogP contribution in [0.4, 0.5) is 11.4 Å². The lowest BCUT2D eigenvalue weighted by atomic mass is 9.98. The molecule has 24 heavy (non-hydrogen) atoms. The van der Waals surface area contributed by atoms with Gasteiger partial charge in [-0.1, -0.05) is 60.7 Å². The fourth-order valence-corrected chi connectivity index (χ4v) is 2.68. The zero-order chi connectivity index (χ0) is 16.8. The van der Waals surface area contributed by atoms with E-state index >= 15 is 0 Å². The first-order chi connectivity index (χ1) is 11.8. The predicted octanol–water partition coefficient (Wildman–Crippen LogP) is 4.16. The second-order valence-electron chi connectivity index (χ2n) is 5.19. The van der Waals surface area contributed by atoms with E-state index in [9.17, 15) is 9.59 Å². The van der Waals surface area contributed by atoms with Crippen LogP contribution in [0.15, 0.2) is 72.8 Å². The number of carbonyl (C=O) groups is 2. The molecule has 0 aromatic heterocycles. The van der Waals surface area contributed by atoms with E-state index in [0.717, 1.165) is 33.6 Å². The molecule has 0 aliphatic carbocycles. The van der Waals surface area contributed by atoms with Gasteiger partial charge >= 0.3 is 0 Å². The molecule has 4 heteroatoms. The van der Waals surface area contributed by atoms with E-state index in [0.29, 0.717) is 12.8 Å². The Morgan fingerprint density at radius 1 is 0.542 bits per heavy atom. The number of carbonyl (C=O) groups excluding carboxylic acids is 2. The molecule has 3 aromatic rings. The van der Waals surface area contributed by atoms with Crippen molar-refractivity contribution in [3.05, 3.63) is 72.8 Å². The van der Waals surface area contributed by atoms with Crippen LogP contribution in [0.25, 0.3) is 22.3 Å². The van der Waals surface area contributed by atoms with E-state index in [2.05, 4.69) is 10.6 Å². The van der Waals surface area contributed by atoms with Gasteiger partial charge in [0.25, 0.3) is 0 Å². The number of para-hydroxylation sites is 2. The Hall–Kier alpha value is -3.40. The van der Waals surface area contributed by atoms with Crippen molar-refractivity contribution in [3.8, 4) is 22.3 Å². The van der Waals surface area contributed by atoms with Gasteiger partial charge in [-0.05, 0) is 23.3 Å². The SMILES string of the molecule is O=CNc1ccccc1-c1ccc(-c2ccccc2NC=O)cc1. The number of hydrogen-bond acceptors (Lipinski definition) is 2. The van der Waals surface area contributed by atoms with Gasteiger partial charge in [0.2, 0.25) is 12.8 Å². The molecule has 2 N–H and O–H groups in total. The summed E-state index contributed by atoms with van der Waals surface area (Å²) in [4.78, 5) is 21.5. The van der Waals surface area contributed by atoms with Gasteiger partial charge in [0, 0.05) is 22.5 Å². The maximum Gasteiger partial charge on any atom is 0.211 e. The lowest BCUT2D eigenvalue weighted by molar-refractivity contribution is -0.106. The third-order valence-electron chi connectivity index (χ3n) is 3.79. The van der Waals surface area contributed by atoms with Gasteiger partial charge in [-0.2, -0.15) is 0 Å². The fraction of sp³-hybridized carbons (Fsp3) is 0. The average molecular weight is 316 g/mol. The van der Waals surface area contributed by atoms with Crippen LogP contribution in [-0.2, 0) is 9.59 Å². The van der Waals surface area contributed by atoms with Crippen LogP contribution >= 0.6 is 0 Å². The maximum atomic E-state index is 10.7. The van der Waals surface area contributed by atoms with Gasteiger partial charge in [0.15, 0.2) is 0 Å². The minimum atomic E-state index is 0.675. The second-order valence-corrected chi connectivity index (χ2v) is 5.19. The third kappa shape index (κ3) is 3.17. The molecule has 0 spiro atoms. The number of anilines is 2. The van der Waals surface area contributed by atoms with Crippen molar-refractivity contribution in [1.82, 2.24) is 0 Å². The van der Waals surface area contributed by atoms with Gasteiger partial charge in [0.05, 0.1) is 0 Å². The summed E-state index contributed by atoms with van der Waals surface area (Å²) in [5, 5.41) is 5.43. The lowest BCUT2D eigenvalue weighted by Gasteiger charge is -2.11. The van der Waals surface area contributed by atoms with Crippen LogP contribution in [0.2, 0.25) is 0 Å². The zero-order valence-corrected chi connectivity index (χ0v) is 12.9. The van der Waals surface area contributed by atoms with E-state index in [4.69, 9.17) is 0 Å². The van der Waals surface area contributed by atoms with Crippen LogP contribution in [0.1, 0.15) is 0 Å². The normalized spacial score (nSPS) is 10.0. The summed E-state index contributed by atoms with van der Waals surface area (Å²) >= 11 is 0. The van der Waals surface area contributed by atoms with Gasteiger partial charge in [-0.25, -0.2) is 0 Å². The molecule has 0 aliphatic rings. The quantitative estimate of drug-likeness (QED) is 0.671. The van der Waals surface area contributed by atoms with E-state index in [-0.39, 0.29) is 0 Å². The van der Waals surface area contributed by atoms with Crippen molar-refractivity contribution in [1.29, 1.82) is 0 Å². The van der Waals surface area contributed by atoms with Crippen molar-refractivity contribution < 1.29 is 9.59 Å². The minimum absolute atomic E-state index is 0.675. The number of hydrogen-bond donors (Lipinski definition) is 2. The first kappa shape index (κ1) is 15.5. The number of rotatable bonds is 6. The summed E-state index contributed by atoms with van der Waals surface area (Å²) in [6, 6.07) is 23.3. The highest BCUT2D eigenvalue weighted by molar-refractivity contribution is 5.88. The molecule has 2 amide bonds. The number of benzene rings is 3. The van der Waals surface area contributed by atoms with Crippen LogP contribution in [0, 0.1) is 0 Å². The van der Waals surface area contributed by atoms with Crippen molar-refractivity contribution in [2.45, 2.75) is 0 Å². The standard InChI is InChI=1S/C20H16N2O2/c23-13-21-19-7-3-1-5-17(19)15-9-11-16(12-10-15)18-6-2-4-8-20(18)22-14-24/h1-14H,(H,21,23)(H,22,24). The van der Waals surface area contributed by atoms with Crippen molar-refractivity contribution in [2.24, 2.45) is 0 Å². The molecule has 0 saturated heterocycles. The minimum Gasteiger partial charge on any atom is -0.328 e. The first-order valence-electron chi connectivity index (χ1n) is 7.52.